The molecule has 0 aliphatic carbocycles. The van der Waals surface area contributed by atoms with Crippen LogP contribution in [0.1, 0.15) is 44.2 Å². The van der Waals surface area contributed by atoms with Gasteiger partial charge in [0.25, 0.3) is 10.0 Å². The van der Waals surface area contributed by atoms with Crippen molar-refractivity contribution in [2.24, 2.45) is 17.1 Å². The molecule has 0 saturated carbocycles. The zero-order chi connectivity index (χ0) is 25.6. The summed E-state index contributed by atoms with van der Waals surface area (Å²) in [6.45, 7) is 6.92. The molecule has 2 N–H and O–H groups in total. The summed E-state index contributed by atoms with van der Waals surface area (Å²) in [7, 11) is -4.07. The molecule has 1 atom stereocenters. The second-order valence-corrected chi connectivity index (χ2v) is 11.8. The maximum atomic E-state index is 13.6. The number of amides is 2. The van der Waals surface area contributed by atoms with Crippen LogP contribution in [0.5, 0.6) is 0 Å². The van der Waals surface area contributed by atoms with Crippen molar-refractivity contribution in [1.82, 2.24) is 9.21 Å². The molecule has 35 heavy (non-hydrogen) atoms. The number of sulfonamides is 1. The van der Waals surface area contributed by atoms with Gasteiger partial charge in [-0.1, -0.05) is 61.9 Å². The number of carbonyl (C=O) groups excluding carboxylic acids is 2. The summed E-state index contributed by atoms with van der Waals surface area (Å²) in [5.74, 6) is -0.455. The molecular weight excluding hydrogens is 462 g/mol. The zero-order valence-electron chi connectivity index (χ0n) is 20.9. The van der Waals surface area contributed by atoms with E-state index in [1.807, 2.05) is 56.0 Å². The first-order chi connectivity index (χ1) is 16.6. The first-order valence-electron chi connectivity index (χ1n) is 12.2. The van der Waals surface area contributed by atoms with Gasteiger partial charge in [0.05, 0.1) is 10.3 Å². The molecule has 1 heterocycles. The van der Waals surface area contributed by atoms with Crippen LogP contribution in [0, 0.1) is 18.3 Å². The van der Waals surface area contributed by atoms with Crippen molar-refractivity contribution < 1.29 is 18.0 Å². The van der Waals surface area contributed by atoms with Crippen molar-refractivity contribution in [3.05, 3.63) is 65.7 Å². The predicted octanol–water partition coefficient (Wildman–Crippen LogP) is 3.37. The van der Waals surface area contributed by atoms with Crippen LogP contribution in [0.15, 0.2) is 59.5 Å². The van der Waals surface area contributed by atoms with Gasteiger partial charge in [0.15, 0.2) is 0 Å². The standard InChI is InChI=1S/C27H37N3O4S/c1-21(2)19-27(14-17-29(26(27)32)16-13-23-7-5-4-6-8-23)20-25(31)30(18-15-28)35(33,34)24-11-9-22(3)10-12-24/h4-12,21H,13-20,28H2,1-3H3. The van der Waals surface area contributed by atoms with Crippen LogP contribution in [-0.4, -0.2) is 55.6 Å². The van der Waals surface area contributed by atoms with Gasteiger partial charge in [-0.2, -0.15) is 0 Å². The first-order valence-corrected chi connectivity index (χ1v) is 13.7. The fourth-order valence-corrected chi connectivity index (χ4v) is 6.35. The maximum absolute atomic E-state index is 13.6. The molecule has 0 radical (unpaired) electrons. The summed E-state index contributed by atoms with van der Waals surface area (Å²) in [6.07, 6.45) is 1.66. The molecule has 1 aliphatic heterocycles. The van der Waals surface area contributed by atoms with Crippen LogP contribution in [0.2, 0.25) is 0 Å². The van der Waals surface area contributed by atoms with Crippen molar-refractivity contribution in [1.29, 1.82) is 0 Å². The smallest absolute Gasteiger partial charge is 0.266 e. The van der Waals surface area contributed by atoms with Crippen LogP contribution >= 0.6 is 0 Å². The van der Waals surface area contributed by atoms with Gasteiger partial charge in [-0.05, 0) is 49.8 Å². The molecule has 0 bridgehead atoms. The monoisotopic (exact) mass is 499 g/mol. The number of nitrogens with two attached hydrogens (primary N) is 1. The van der Waals surface area contributed by atoms with Crippen molar-refractivity contribution >= 4 is 21.8 Å². The summed E-state index contributed by atoms with van der Waals surface area (Å²) >= 11 is 0. The van der Waals surface area contributed by atoms with Crippen molar-refractivity contribution in [3.63, 3.8) is 0 Å². The van der Waals surface area contributed by atoms with Gasteiger partial charge in [0.1, 0.15) is 0 Å². The number of aryl methyl sites for hydroxylation is 1. The van der Waals surface area contributed by atoms with Crippen LogP contribution in [0.4, 0.5) is 0 Å². The number of likely N-dealkylation sites (tertiary alicyclic amines) is 1. The normalized spacial score (nSPS) is 18.3. The van der Waals surface area contributed by atoms with Crippen LogP contribution in [-0.2, 0) is 26.0 Å². The highest BCUT2D eigenvalue weighted by Gasteiger charge is 2.49. The molecule has 190 valence electrons. The molecule has 3 rings (SSSR count). The van der Waals surface area contributed by atoms with Gasteiger partial charge in [-0.15, -0.1) is 0 Å². The molecule has 0 spiro atoms. The Morgan fingerprint density at radius 1 is 1.11 bits per heavy atom. The van der Waals surface area contributed by atoms with Gasteiger partial charge in [-0.3, -0.25) is 9.59 Å². The Labute approximate surface area is 209 Å². The topological polar surface area (TPSA) is 101 Å². The van der Waals surface area contributed by atoms with E-state index in [1.165, 1.54) is 12.1 Å². The second kappa shape index (κ2) is 11.4. The molecule has 7 nitrogen and oxygen atoms in total. The summed E-state index contributed by atoms with van der Waals surface area (Å²) in [5, 5.41) is 0. The van der Waals surface area contributed by atoms with E-state index in [9.17, 15) is 18.0 Å². The molecule has 1 fully saturated rings. The van der Waals surface area contributed by atoms with Crippen molar-refractivity contribution in [3.8, 4) is 0 Å². The predicted molar refractivity (Wildman–Crippen MR) is 137 cm³/mol. The second-order valence-electron chi connectivity index (χ2n) is 9.91. The fourth-order valence-electron chi connectivity index (χ4n) is 4.93. The Morgan fingerprint density at radius 2 is 1.77 bits per heavy atom. The highest BCUT2D eigenvalue weighted by atomic mass is 32.2. The molecule has 1 unspecified atom stereocenters. The van der Waals surface area contributed by atoms with E-state index in [0.29, 0.717) is 25.9 Å². The number of rotatable bonds is 11. The number of carbonyl (C=O) groups is 2. The van der Waals surface area contributed by atoms with E-state index < -0.39 is 21.3 Å². The lowest BCUT2D eigenvalue weighted by Crippen LogP contribution is -2.45. The number of benzene rings is 2. The van der Waals surface area contributed by atoms with E-state index in [4.69, 9.17) is 5.73 Å². The van der Waals surface area contributed by atoms with Gasteiger partial charge in [-0.25, -0.2) is 12.7 Å². The van der Waals surface area contributed by atoms with Gasteiger partial charge >= 0.3 is 0 Å². The minimum atomic E-state index is -4.07. The number of hydrogen-bond donors (Lipinski definition) is 1. The molecule has 2 aromatic rings. The summed E-state index contributed by atoms with van der Waals surface area (Å²) in [5.41, 5.74) is 6.86. The minimum absolute atomic E-state index is 0.00512. The highest BCUT2D eigenvalue weighted by Crippen LogP contribution is 2.42. The fraction of sp³-hybridized carbons (Fsp3) is 0.481. The Bertz CT molecular complexity index is 1120. The van der Waals surface area contributed by atoms with E-state index in [2.05, 4.69) is 0 Å². The Balaban J connectivity index is 1.82. The van der Waals surface area contributed by atoms with Gasteiger partial charge < -0.3 is 10.6 Å². The lowest BCUT2D eigenvalue weighted by atomic mass is 9.75. The van der Waals surface area contributed by atoms with Gasteiger partial charge in [0.2, 0.25) is 11.8 Å². The average Bonchev–Trinajstić information content (AvgIpc) is 3.11. The lowest BCUT2D eigenvalue weighted by Gasteiger charge is -2.31. The van der Waals surface area contributed by atoms with Crippen LogP contribution in [0.25, 0.3) is 0 Å². The maximum Gasteiger partial charge on any atom is 0.266 e. The molecule has 2 amide bonds. The minimum Gasteiger partial charge on any atom is -0.342 e. The quantitative estimate of drug-likeness (QED) is 0.511. The number of nitrogens with zero attached hydrogens (tertiary/aromatic N) is 2. The highest BCUT2D eigenvalue weighted by molar-refractivity contribution is 7.89. The average molecular weight is 500 g/mol. The Kier molecular flexibility index (Phi) is 8.72. The summed E-state index contributed by atoms with van der Waals surface area (Å²) in [6, 6.07) is 16.4. The molecule has 2 aromatic carbocycles. The zero-order valence-corrected chi connectivity index (χ0v) is 21.8. The lowest BCUT2D eigenvalue weighted by molar-refractivity contribution is -0.142. The third-order valence-electron chi connectivity index (χ3n) is 6.62. The summed E-state index contributed by atoms with van der Waals surface area (Å²) in [4.78, 5) is 29.0. The molecular formula is C27H37N3O4S. The third-order valence-corrected chi connectivity index (χ3v) is 8.46. The third kappa shape index (κ3) is 6.30. The van der Waals surface area contributed by atoms with E-state index >= 15 is 0 Å². The Morgan fingerprint density at radius 3 is 2.37 bits per heavy atom. The molecule has 1 saturated heterocycles. The van der Waals surface area contributed by atoms with Crippen molar-refractivity contribution in [2.45, 2.75) is 51.3 Å². The van der Waals surface area contributed by atoms with Gasteiger partial charge in [0, 0.05) is 32.6 Å². The van der Waals surface area contributed by atoms with Crippen LogP contribution < -0.4 is 5.73 Å². The van der Waals surface area contributed by atoms with Crippen LogP contribution in [0.3, 0.4) is 0 Å². The molecule has 1 aliphatic rings. The van der Waals surface area contributed by atoms with Crippen molar-refractivity contribution in [2.75, 3.05) is 26.2 Å². The molecule has 0 aromatic heterocycles. The first kappa shape index (κ1) is 26.9. The largest absolute Gasteiger partial charge is 0.342 e. The van der Waals surface area contributed by atoms with E-state index in [0.717, 1.165) is 21.9 Å². The van der Waals surface area contributed by atoms with E-state index in [-0.39, 0.29) is 36.2 Å². The van der Waals surface area contributed by atoms with E-state index in [1.54, 1.807) is 12.1 Å². The number of hydrogen-bond acceptors (Lipinski definition) is 5. The summed E-state index contributed by atoms with van der Waals surface area (Å²) < 4.78 is 27.5. The SMILES string of the molecule is Cc1ccc(S(=O)(=O)N(CCN)C(=O)CC2(CC(C)C)CCN(CCc3ccccc3)C2=O)cc1. The molecule has 8 heteroatoms. The Hall–Kier alpha value is -2.71.